The first-order chi connectivity index (χ1) is 9.63. The van der Waals surface area contributed by atoms with E-state index in [0.29, 0.717) is 5.02 Å². The standard InChI is InChI=1S/C15H11ClFNOS/c16-9-5-6-11(17)10(7-9)13(19)8-15-18-12-3-1-2-4-14(12)20-15/h1-7,13,19H,8H2. The molecule has 0 fully saturated rings. The fraction of sp³-hybridized carbons (Fsp3) is 0.133. The maximum absolute atomic E-state index is 13.7. The lowest BCUT2D eigenvalue weighted by Crippen LogP contribution is -2.04. The Hall–Kier alpha value is -1.49. The van der Waals surface area contributed by atoms with Gasteiger partial charge in [-0.1, -0.05) is 23.7 Å². The number of halogens is 2. The molecule has 2 nitrogen and oxygen atoms in total. The molecule has 0 aliphatic carbocycles. The van der Waals surface area contributed by atoms with Crippen molar-refractivity contribution in [2.24, 2.45) is 0 Å². The fourth-order valence-electron chi connectivity index (χ4n) is 2.05. The Bertz CT molecular complexity index is 725. The van der Waals surface area contributed by atoms with Crippen LogP contribution in [0.25, 0.3) is 10.2 Å². The van der Waals surface area contributed by atoms with Crippen LogP contribution >= 0.6 is 22.9 Å². The summed E-state index contributed by atoms with van der Waals surface area (Å²) in [5.74, 6) is -0.456. The first kappa shape index (κ1) is 13.5. The molecular weight excluding hydrogens is 297 g/mol. The van der Waals surface area contributed by atoms with Crippen LogP contribution in [0.2, 0.25) is 5.02 Å². The fourth-order valence-corrected chi connectivity index (χ4v) is 3.24. The second kappa shape index (κ2) is 5.48. The zero-order valence-electron chi connectivity index (χ0n) is 10.4. The van der Waals surface area contributed by atoms with Crippen molar-refractivity contribution >= 4 is 33.2 Å². The van der Waals surface area contributed by atoms with Gasteiger partial charge in [-0.2, -0.15) is 0 Å². The number of benzene rings is 2. The molecule has 0 aliphatic heterocycles. The second-order valence-electron chi connectivity index (χ2n) is 4.46. The molecule has 0 saturated carbocycles. The van der Waals surface area contributed by atoms with Gasteiger partial charge in [0.15, 0.2) is 0 Å². The lowest BCUT2D eigenvalue weighted by Gasteiger charge is -2.10. The van der Waals surface area contributed by atoms with Crippen molar-refractivity contribution in [2.45, 2.75) is 12.5 Å². The largest absolute Gasteiger partial charge is 0.388 e. The highest BCUT2D eigenvalue weighted by molar-refractivity contribution is 7.18. The summed E-state index contributed by atoms with van der Waals surface area (Å²) in [5, 5.41) is 11.4. The summed E-state index contributed by atoms with van der Waals surface area (Å²) in [6.07, 6.45) is -0.675. The normalized spacial score (nSPS) is 12.8. The topological polar surface area (TPSA) is 33.1 Å². The van der Waals surface area contributed by atoms with Gasteiger partial charge < -0.3 is 5.11 Å². The predicted octanol–water partition coefficient (Wildman–Crippen LogP) is 4.36. The minimum atomic E-state index is -0.950. The Morgan fingerprint density at radius 3 is 2.85 bits per heavy atom. The van der Waals surface area contributed by atoms with Gasteiger partial charge in [-0.25, -0.2) is 9.37 Å². The van der Waals surface area contributed by atoms with Crippen molar-refractivity contribution in [3.05, 3.63) is 63.9 Å². The van der Waals surface area contributed by atoms with Gasteiger partial charge in [0.05, 0.1) is 21.3 Å². The van der Waals surface area contributed by atoms with Crippen molar-refractivity contribution in [2.75, 3.05) is 0 Å². The van der Waals surface area contributed by atoms with Crippen molar-refractivity contribution in [1.82, 2.24) is 4.98 Å². The number of thiazole rings is 1. The van der Waals surface area contributed by atoms with E-state index in [0.717, 1.165) is 15.2 Å². The van der Waals surface area contributed by atoms with E-state index < -0.39 is 11.9 Å². The summed E-state index contributed by atoms with van der Waals surface area (Å²) >= 11 is 7.34. The van der Waals surface area contributed by atoms with Crippen LogP contribution in [-0.4, -0.2) is 10.1 Å². The molecule has 1 atom stereocenters. The number of hydrogen-bond donors (Lipinski definition) is 1. The van der Waals surface area contributed by atoms with Gasteiger partial charge in [-0.3, -0.25) is 0 Å². The van der Waals surface area contributed by atoms with Gasteiger partial charge in [0.1, 0.15) is 5.82 Å². The Morgan fingerprint density at radius 2 is 2.05 bits per heavy atom. The van der Waals surface area contributed by atoms with Crippen LogP contribution in [0.5, 0.6) is 0 Å². The zero-order valence-corrected chi connectivity index (χ0v) is 12.0. The number of fused-ring (bicyclic) bond motifs is 1. The molecule has 1 N–H and O–H groups in total. The molecule has 1 heterocycles. The third-order valence-corrected chi connectivity index (χ3v) is 4.32. The first-order valence-electron chi connectivity index (χ1n) is 6.11. The average molecular weight is 308 g/mol. The maximum atomic E-state index is 13.7. The third-order valence-electron chi connectivity index (χ3n) is 3.02. The average Bonchev–Trinajstić information content (AvgIpc) is 2.83. The SMILES string of the molecule is OC(Cc1nc2ccccc2s1)c1cc(Cl)ccc1F. The maximum Gasteiger partial charge on any atom is 0.129 e. The van der Waals surface area contributed by atoms with Crippen LogP contribution in [0, 0.1) is 5.82 Å². The molecule has 102 valence electrons. The van der Waals surface area contributed by atoms with Gasteiger partial charge in [-0.05, 0) is 30.3 Å². The van der Waals surface area contributed by atoms with E-state index in [1.807, 2.05) is 24.3 Å². The highest BCUT2D eigenvalue weighted by Gasteiger charge is 2.16. The molecule has 0 amide bonds. The molecule has 0 radical (unpaired) electrons. The molecule has 0 spiro atoms. The van der Waals surface area contributed by atoms with Crippen LogP contribution < -0.4 is 0 Å². The summed E-state index contributed by atoms with van der Waals surface area (Å²) in [6, 6.07) is 11.9. The summed E-state index contributed by atoms with van der Waals surface area (Å²) < 4.78 is 14.7. The highest BCUT2D eigenvalue weighted by Crippen LogP contribution is 2.28. The predicted molar refractivity (Wildman–Crippen MR) is 79.7 cm³/mol. The van der Waals surface area contributed by atoms with Crippen LogP contribution in [0.4, 0.5) is 4.39 Å². The number of nitrogens with zero attached hydrogens (tertiary/aromatic N) is 1. The number of rotatable bonds is 3. The van der Waals surface area contributed by atoms with E-state index in [1.54, 1.807) is 0 Å². The molecule has 0 saturated heterocycles. The molecule has 1 aromatic heterocycles. The smallest absolute Gasteiger partial charge is 0.129 e. The van der Waals surface area contributed by atoms with Crippen molar-refractivity contribution < 1.29 is 9.50 Å². The minimum absolute atomic E-state index is 0.205. The summed E-state index contributed by atoms with van der Waals surface area (Å²) in [7, 11) is 0. The van der Waals surface area contributed by atoms with E-state index >= 15 is 0 Å². The Kier molecular flexibility index (Phi) is 3.70. The molecule has 20 heavy (non-hydrogen) atoms. The molecular formula is C15H11ClFNOS. The van der Waals surface area contributed by atoms with Gasteiger partial charge in [0.25, 0.3) is 0 Å². The third kappa shape index (κ3) is 2.68. The van der Waals surface area contributed by atoms with E-state index in [1.165, 1.54) is 29.5 Å². The van der Waals surface area contributed by atoms with Gasteiger partial charge >= 0.3 is 0 Å². The zero-order chi connectivity index (χ0) is 14.1. The number of aliphatic hydroxyl groups is 1. The summed E-state index contributed by atoms with van der Waals surface area (Å²) in [5.41, 5.74) is 1.10. The van der Waals surface area contributed by atoms with Crippen LogP contribution in [0.15, 0.2) is 42.5 Å². The second-order valence-corrected chi connectivity index (χ2v) is 6.01. The Labute approximate surface area is 124 Å². The monoisotopic (exact) mass is 307 g/mol. The lowest BCUT2D eigenvalue weighted by molar-refractivity contribution is 0.173. The highest BCUT2D eigenvalue weighted by atomic mass is 35.5. The minimum Gasteiger partial charge on any atom is -0.388 e. The lowest BCUT2D eigenvalue weighted by atomic mass is 10.1. The summed E-state index contributed by atoms with van der Waals surface area (Å²) in [4.78, 5) is 4.43. The van der Waals surface area contributed by atoms with Crippen molar-refractivity contribution in [1.29, 1.82) is 0 Å². The van der Waals surface area contributed by atoms with Crippen LogP contribution in [-0.2, 0) is 6.42 Å². The van der Waals surface area contributed by atoms with Crippen LogP contribution in [0.1, 0.15) is 16.7 Å². The molecule has 3 rings (SSSR count). The number of aromatic nitrogens is 1. The van der Waals surface area contributed by atoms with E-state index in [4.69, 9.17) is 11.6 Å². The number of hydrogen-bond acceptors (Lipinski definition) is 3. The Balaban J connectivity index is 1.88. The van der Waals surface area contributed by atoms with Crippen LogP contribution in [0.3, 0.4) is 0 Å². The first-order valence-corrected chi connectivity index (χ1v) is 7.30. The van der Waals surface area contributed by atoms with Gasteiger partial charge in [0.2, 0.25) is 0 Å². The molecule has 5 heteroatoms. The number of para-hydroxylation sites is 1. The van der Waals surface area contributed by atoms with E-state index in [9.17, 15) is 9.50 Å². The Morgan fingerprint density at radius 1 is 1.25 bits per heavy atom. The van der Waals surface area contributed by atoms with E-state index in [2.05, 4.69) is 4.98 Å². The number of aliphatic hydroxyl groups excluding tert-OH is 1. The van der Waals surface area contributed by atoms with Crippen molar-refractivity contribution in [3.8, 4) is 0 Å². The molecule has 2 aromatic carbocycles. The molecule has 3 aromatic rings. The molecule has 1 unspecified atom stereocenters. The van der Waals surface area contributed by atoms with Gasteiger partial charge in [-0.15, -0.1) is 11.3 Å². The molecule has 0 aliphatic rings. The van der Waals surface area contributed by atoms with Crippen molar-refractivity contribution in [3.63, 3.8) is 0 Å². The summed E-state index contributed by atoms with van der Waals surface area (Å²) in [6.45, 7) is 0. The van der Waals surface area contributed by atoms with E-state index in [-0.39, 0.29) is 12.0 Å². The quantitative estimate of drug-likeness (QED) is 0.779. The molecule has 0 bridgehead atoms. The van der Waals surface area contributed by atoms with Gasteiger partial charge in [0, 0.05) is 17.0 Å².